The number of methoxy groups -OCH3 is 1. The summed E-state index contributed by atoms with van der Waals surface area (Å²) < 4.78 is 63.1. The first-order valence-corrected chi connectivity index (χ1v) is 10.2. The Balaban J connectivity index is 1.85. The summed E-state index contributed by atoms with van der Waals surface area (Å²) >= 11 is 6.55. The lowest BCUT2D eigenvalue weighted by molar-refractivity contribution is -0.193. The van der Waals surface area contributed by atoms with Crippen molar-refractivity contribution in [3.05, 3.63) is 38.9 Å². The molecule has 0 radical (unpaired) electrons. The predicted molar refractivity (Wildman–Crippen MR) is 109 cm³/mol. The molecule has 33 heavy (non-hydrogen) atoms. The lowest BCUT2D eigenvalue weighted by Crippen LogP contribution is -2.34. The van der Waals surface area contributed by atoms with Gasteiger partial charge in [0.2, 0.25) is 5.43 Å². The van der Waals surface area contributed by atoms with Crippen LogP contribution in [-0.4, -0.2) is 55.0 Å². The van der Waals surface area contributed by atoms with E-state index in [1.54, 1.807) is 4.90 Å². The van der Waals surface area contributed by atoms with Crippen LogP contribution in [0.2, 0.25) is 5.02 Å². The van der Waals surface area contributed by atoms with Crippen LogP contribution >= 0.6 is 11.6 Å². The predicted octanol–water partition coefficient (Wildman–Crippen LogP) is 2.54. The van der Waals surface area contributed by atoms with Crippen molar-refractivity contribution in [1.29, 1.82) is 0 Å². The number of carbonyl (C=O) groups is 2. The molecule has 2 aliphatic rings. The lowest BCUT2D eigenvalue weighted by Gasteiger charge is -2.23. The molecule has 4 rings (SSSR count). The Hall–Kier alpha value is -2.70. The van der Waals surface area contributed by atoms with Gasteiger partial charge in [-0.2, -0.15) is 13.2 Å². The van der Waals surface area contributed by atoms with Crippen molar-refractivity contribution in [3.8, 4) is 0 Å². The molecular formula is C20H18ClF4N3O5. The van der Waals surface area contributed by atoms with Gasteiger partial charge in [-0.15, -0.1) is 0 Å². The highest BCUT2D eigenvalue weighted by Gasteiger charge is 2.43. The van der Waals surface area contributed by atoms with Gasteiger partial charge in [-0.25, -0.2) is 14.0 Å². The van der Waals surface area contributed by atoms with Crippen molar-refractivity contribution in [1.82, 2.24) is 4.57 Å². The van der Waals surface area contributed by atoms with E-state index in [2.05, 4.69) is 4.74 Å². The number of hydrogen-bond donors (Lipinski definition) is 1. The molecule has 13 heteroatoms. The maximum absolute atomic E-state index is 15.1. The molecule has 1 saturated heterocycles. The second kappa shape index (κ2) is 8.26. The molecule has 1 aromatic carbocycles. The number of pyridine rings is 1. The van der Waals surface area contributed by atoms with Gasteiger partial charge < -0.3 is 24.7 Å². The smallest absolute Gasteiger partial charge is 0.382 e. The Labute approximate surface area is 188 Å². The fourth-order valence-electron chi connectivity index (χ4n) is 3.94. The molecular weight excluding hydrogens is 474 g/mol. The van der Waals surface area contributed by atoms with Gasteiger partial charge in [0.15, 0.2) is 0 Å². The van der Waals surface area contributed by atoms with E-state index >= 15 is 4.39 Å². The molecule has 0 bridgehead atoms. The molecule has 2 atom stereocenters. The highest BCUT2D eigenvalue weighted by Crippen LogP contribution is 2.42. The van der Waals surface area contributed by atoms with Crippen LogP contribution in [-0.2, 0) is 14.3 Å². The fraction of sp³-hybridized carbons (Fsp3) is 0.450. The second-order valence-electron chi connectivity index (χ2n) is 7.95. The van der Waals surface area contributed by atoms with Gasteiger partial charge in [0.05, 0.1) is 33.8 Å². The van der Waals surface area contributed by atoms with E-state index in [-0.39, 0.29) is 46.8 Å². The molecule has 0 spiro atoms. The zero-order chi connectivity index (χ0) is 24.2. The number of nitrogens with zero attached hydrogens (tertiary/aromatic N) is 2. The van der Waals surface area contributed by atoms with Crippen LogP contribution in [0, 0.1) is 5.82 Å². The van der Waals surface area contributed by atoms with Gasteiger partial charge in [0.25, 0.3) is 0 Å². The number of rotatable bonds is 4. The second-order valence-corrected chi connectivity index (χ2v) is 8.32. The molecule has 1 aromatic heterocycles. The third-order valence-electron chi connectivity index (χ3n) is 5.69. The average molecular weight is 492 g/mol. The van der Waals surface area contributed by atoms with Crippen molar-refractivity contribution < 1.29 is 36.6 Å². The van der Waals surface area contributed by atoms with E-state index in [1.165, 1.54) is 11.7 Å². The van der Waals surface area contributed by atoms with Crippen molar-refractivity contribution in [2.45, 2.75) is 37.2 Å². The number of carbonyl (C=O) groups excluding carboxylic acids is 2. The highest BCUT2D eigenvalue weighted by molar-refractivity contribution is 6.38. The van der Waals surface area contributed by atoms with Crippen molar-refractivity contribution >= 4 is 40.1 Å². The molecule has 1 aliphatic carbocycles. The van der Waals surface area contributed by atoms with Gasteiger partial charge in [0, 0.05) is 32.4 Å². The van der Waals surface area contributed by atoms with Crippen LogP contribution in [0.5, 0.6) is 0 Å². The quantitative estimate of drug-likeness (QED) is 0.398. The summed E-state index contributed by atoms with van der Waals surface area (Å²) in [5.41, 5.74) is 4.19. The molecule has 2 unspecified atom stereocenters. The lowest BCUT2D eigenvalue weighted by atomic mass is 10.1. The van der Waals surface area contributed by atoms with Gasteiger partial charge in [-0.3, -0.25) is 4.79 Å². The number of alkyl halides is 3. The number of halogens is 5. The Kier molecular flexibility index (Phi) is 5.87. The standard InChI is InChI=1S/C20H18ClF4N3O5/c1-32-13-7-27(6-12(13)26)16-11(22)4-9-15(14(16)21)28(8-2-3-8)5-10(17(9)29)18(30)33-19(31)20(23,24)25/h4-5,8,12-13H,2-3,6-7,26H2,1H3. The number of benzene rings is 1. The summed E-state index contributed by atoms with van der Waals surface area (Å²) in [7, 11) is 1.47. The maximum Gasteiger partial charge on any atom is 0.491 e. The van der Waals surface area contributed by atoms with E-state index in [1.807, 2.05) is 0 Å². The van der Waals surface area contributed by atoms with Crippen molar-refractivity contribution in [2.75, 3.05) is 25.1 Å². The van der Waals surface area contributed by atoms with Gasteiger partial charge in [0.1, 0.15) is 11.4 Å². The minimum atomic E-state index is -5.43. The molecule has 8 nitrogen and oxygen atoms in total. The molecule has 2 heterocycles. The van der Waals surface area contributed by atoms with Crippen LogP contribution in [0.25, 0.3) is 10.9 Å². The van der Waals surface area contributed by atoms with Gasteiger partial charge >= 0.3 is 18.1 Å². The first-order chi connectivity index (χ1) is 15.4. The number of aromatic nitrogens is 1. The number of hydrogen-bond acceptors (Lipinski definition) is 7. The average Bonchev–Trinajstić information content (AvgIpc) is 3.50. The largest absolute Gasteiger partial charge is 0.491 e. The Bertz CT molecular complexity index is 1210. The normalized spacial score (nSPS) is 21.0. The number of fused-ring (bicyclic) bond motifs is 1. The van der Waals surface area contributed by atoms with Crippen LogP contribution < -0.4 is 16.1 Å². The molecule has 2 N–H and O–H groups in total. The summed E-state index contributed by atoms with van der Waals surface area (Å²) in [6.07, 6.45) is -3.53. The summed E-state index contributed by atoms with van der Waals surface area (Å²) in [5, 5.41) is -0.432. The van der Waals surface area contributed by atoms with E-state index in [0.29, 0.717) is 12.8 Å². The number of anilines is 1. The summed E-state index contributed by atoms with van der Waals surface area (Å²) in [4.78, 5) is 37.7. The summed E-state index contributed by atoms with van der Waals surface area (Å²) in [6, 6.07) is 0.239. The molecule has 178 valence electrons. The van der Waals surface area contributed by atoms with Crippen LogP contribution in [0.15, 0.2) is 17.1 Å². The molecule has 1 saturated carbocycles. The van der Waals surface area contributed by atoms with Gasteiger partial charge in [-0.1, -0.05) is 11.6 Å². The summed E-state index contributed by atoms with van der Waals surface area (Å²) in [6.45, 7) is 0.482. The van der Waals surface area contributed by atoms with Crippen LogP contribution in [0.4, 0.5) is 23.2 Å². The van der Waals surface area contributed by atoms with E-state index in [9.17, 15) is 27.6 Å². The number of nitrogens with two attached hydrogens (primary N) is 1. The third-order valence-corrected chi connectivity index (χ3v) is 6.05. The first-order valence-electron chi connectivity index (χ1n) is 9.87. The highest BCUT2D eigenvalue weighted by atomic mass is 35.5. The van der Waals surface area contributed by atoms with Crippen LogP contribution in [0.3, 0.4) is 0 Å². The minimum Gasteiger partial charge on any atom is -0.382 e. The Morgan fingerprint density at radius 3 is 2.45 bits per heavy atom. The molecule has 0 amide bonds. The Morgan fingerprint density at radius 1 is 1.24 bits per heavy atom. The molecule has 2 aromatic rings. The zero-order valence-corrected chi connectivity index (χ0v) is 17.9. The van der Waals surface area contributed by atoms with E-state index in [4.69, 9.17) is 22.1 Å². The fourth-order valence-corrected chi connectivity index (χ4v) is 4.34. The first kappa shape index (κ1) is 23.5. The number of ether oxygens (including phenoxy) is 2. The zero-order valence-electron chi connectivity index (χ0n) is 17.1. The topological polar surface area (TPSA) is 104 Å². The maximum atomic E-state index is 15.1. The number of esters is 2. The van der Waals surface area contributed by atoms with Crippen molar-refractivity contribution in [3.63, 3.8) is 0 Å². The monoisotopic (exact) mass is 491 g/mol. The van der Waals surface area contributed by atoms with E-state index < -0.39 is 41.0 Å². The molecule has 1 aliphatic heterocycles. The minimum absolute atomic E-state index is 0.00413. The van der Waals surface area contributed by atoms with E-state index in [0.717, 1.165) is 12.3 Å². The molecule has 2 fully saturated rings. The SMILES string of the molecule is COC1CN(c2c(F)cc3c(=O)c(C(=O)OC(=O)C(F)(F)F)cn(C4CC4)c3c2Cl)CC1N. The Morgan fingerprint density at radius 2 is 1.91 bits per heavy atom. The van der Waals surface area contributed by atoms with Gasteiger partial charge in [-0.05, 0) is 18.9 Å². The van der Waals surface area contributed by atoms with Crippen LogP contribution in [0.1, 0.15) is 29.2 Å². The third kappa shape index (κ3) is 4.18. The summed E-state index contributed by atoms with van der Waals surface area (Å²) in [5.74, 6) is -5.43. The van der Waals surface area contributed by atoms with Crippen molar-refractivity contribution in [2.24, 2.45) is 5.73 Å².